The SMILES string of the molecule is CC(C)N[C@@H]1CCC[C@H]1OCc1ccccc1. The molecule has 0 heterocycles. The maximum atomic E-state index is 6.04. The van der Waals surface area contributed by atoms with Crippen molar-refractivity contribution in [1.29, 1.82) is 0 Å². The zero-order valence-electron chi connectivity index (χ0n) is 10.9. The predicted octanol–water partition coefficient (Wildman–Crippen LogP) is 3.12. The Hall–Kier alpha value is -0.860. The van der Waals surface area contributed by atoms with Gasteiger partial charge in [0.2, 0.25) is 0 Å². The first-order valence-corrected chi connectivity index (χ1v) is 6.67. The highest BCUT2D eigenvalue weighted by atomic mass is 16.5. The fourth-order valence-electron chi connectivity index (χ4n) is 2.52. The molecule has 0 aromatic heterocycles. The Labute approximate surface area is 104 Å². The molecule has 0 unspecified atom stereocenters. The highest BCUT2D eigenvalue weighted by molar-refractivity contribution is 5.13. The van der Waals surface area contributed by atoms with Gasteiger partial charge in [-0.1, -0.05) is 44.2 Å². The van der Waals surface area contributed by atoms with Gasteiger partial charge >= 0.3 is 0 Å². The van der Waals surface area contributed by atoms with Gasteiger partial charge in [-0.2, -0.15) is 0 Å². The molecule has 0 radical (unpaired) electrons. The predicted molar refractivity (Wildman–Crippen MR) is 70.9 cm³/mol. The van der Waals surface area contributed by atoms with Gasteiger partial charge in [-0.05, 0) is 24.8 Å². The van der Waals surface area contributed by atoms with Crippen LogP contribution in [-0.2, 0) is 11.3 Å². The third-order valence-corrected chi connectivity index (χ3v) is 3.31. The van der Waals surface area contributed by atoms with Crippen LogP contribution in [0.3, 0.4) is 0 Å². The standard InChI is InChI=1S/C15H23NO/c1-12(2)16-14-9-6-10-15(14)17-11-13-7-4-3-5-8-13/h3-5,7-8,12,14-16H,6,9-11H2,1-2H3/t14-,15-/m1/s1. The first kappa shape index (κ1) is 12.6. The van der Waals surface area contributed by atoms with Gasteiger partial charge in [-0.25, -0.2) is 0 Å². The number of nitrogens with one attached hydrogen (secondary N) is 1. The lowest BCUT2D eigenvalue weighted by atomic mass is 10.2. The Morgan fingerprint density at radius 1 is 1.24 bits per heavy atom. The Bertz CT molecular complexity index is 323. The van der Waals surface area contributed by atoms with E-state index in [4.69, 9.17) is 4.74 Å². The molecule has 0 aliphatic heterocycles. The van der Waals surface area contributed by atoms with Crippen molar-refractivity contribution in [1.82, 2.24) is 5.32 Å². The summed E-state index contributed by atoms with van der Waals surface area (Å²) in [6, 6.07) is 11.5. The molecule has 17 heavy (non-hydrogen) atoms. The number of benzene rings is 1. The molecule has 1 aromatic carbocycles. The Morgan fingerprint density at radius 3 is 2.71 bits per heavy atom. The molecule has 2 nitrogen and oxygen atoms in total. The molecule has 1 fully saturated rings. The third-order valence-electron chi connectivity index (χ3n) is 3.31. The van der Waals surface area contributed by atoms with Gasteiger partial charge in [-0.15, -0.1) is 0 Å². The van der Waals surface area contributed by atoms with Crippen LogP contribution in [-0.4, -0.2) is 18.2 Å². The average molecular weight is 233 g/mol. The van der Waals surface area contributed by atoms with Gasteiger partial charge in [0, 0.05) is 12.1 Å². The van der Waals surface area contributed by atoms with E-state index >= 15 is 0 Å². The smallest absolute Gasteiger partial charge is 0.0732 e. The number of hydrogen-bond acceptors (Lipinski definition) is 2. The van der Waals surface area contributed by atoms with E-state index in [1.165, 1.54) is 24.8 Å². The van der Waals surface area contributed by atoms with Crippen molar-refractivity contribution in [2.24, 2.45) is 0 Å². The molecule has 1 aromatic rings. The lowest BCUT2D eigenvalue weighted by molar-refractivity contribution is 0.0262. The van der Waals surface area contributed by atoms with Crippen LogP contribution < -0.4 is 5.32 Å². The van der Waals surface area contributed by atoms with Crippen LogP contribution in [0.4, 0.5) is 0 Å². The molecule has 1 N–H and O–H groups in total. The summed E-state index contributed by atoms with van der Waals surface area (Å²) in [7, 11) is 0. The van der Waals surface area contributed by atoms with E-state index in [-0.39, 0.29) is 0 Å². The molecule has 1 aliphatic rings. The molecule has 0 bridgehead atoms. The van der Waals surface area contributed by atoms with Crippen molar-refractivity contribution >= 4 is 0 Å². The summed E-state index contributed by atoms with van der Waals surface area (Å²) in [5.74, 6) is 0. The van der Waals surface area contributed by atoms with E-state index in [0.29, 0.717) is 18.2 Å². The van der Waals surface area contributed by atoms with Crippen LogP contribution in [0, 0.1) is 0 Å². The first-order valence-electron chi connectivity index (χ1n) is 6.67. The molecule has 1 aliphatic carbocycles. The first-order chi connectivity index (χ1) is 8.25. The van der Waals surface area contributed by atoms with E-state index in [2.05, 4.69) is 43.4 Å². The molecular formula is C15H23NO. The molecule has 94 valence electrons. The summed E-state index contributed by atoms with van der Waals surface area (Å²) in [6.45, 7) is 5.14. The van der Waals surface area contributed by atoms with Gasteiger partial charge in [0.15, 0.2) is 0 Å². The second-order valence-corrected chi connectivity index (χ2v) is 5.19. The van der Waals surface area contributed by atoms with Crippen LogP contribution in [0.5, 0.6) is 0 Å². The summed E-state index contributed by atoms with van der Waals surface area (Å²) in [4.78, 5) is 0. The lowest BCUT2D eigenvalue weighted by Gasteiger charge is -2.23. The second-order valence-electron chi connectivity index (χ2n) is 5.19. The minimum absolute atomic E-state index is 0.387. The van der Waals surface area contributed by atoms with Gasteiger partial charge in [0.05, 0.1) is 12.7 Å². The van der Waals surface area contributed by atoms with Crippen molar-refractivity contribution in [3.8, 4) is 0 Å². The van der Waals surface area contributed by atoms with Crippen LogP contribution in [0.15, 0.2) is 30.3 Å². The van der Waals surface area contributed by atoms with Crippen LogP contribution >= 0.6 is 0 Å². The minimum atomic E-state index is 0.387. The van der Waals surface area contributed by atoms with Crippen molar-refractivity contribution in [2.45, 2.75) is 57.9 Å². The summed E-state index contributed by atoms with van der Waals surface area (Å²) < 4.78 is 6.04. The molecular weight excluding hydrogens is 210 g/mol. The highest BCUT2D eigenvalue weighted by Crippen LogP contribution is 2.23. The number of rotatable bonds is 5. The number of hydrogen-bond donors (Lipinski definition) is 1. The van der Waals surface area contributed by atoms with Gasteiger partial charge in [0.1, 0.15) is 0 Å². The lowest BCUT2D eigenvalue weighted by Crippen LogP contribution is -2.41. The molecule has 0 saturated heterocycles. The average Bonchev–Trinajstić information content (AvgIpc) is 2.74. The second kappa shape index (κ2) is 6.18. The summed E-state index contributed by atoms with van der Waals surface area (Å²) in [5.41, 5.74) is 1.27. The monoisotopic (exact) mass is 233 g/mol. The summed E-state index contributed by atoms with van der Waals surface area (Å²) >= 11 is 0. The zero-order valence-corrected chi connectivity index (χ0v) is 10.9. The van der Waals surface area contributed by atoms with E-state index in [1.54, 1.807) is 0 Å². The maximum absolute atomic E-state index is 6.04. The molecule has 0 spiro atoms. The highest BCUT2D eigenvalue weighted by Gasteiger charge is 2.27. The summed E-state index contributed by atoms with van der Waals surface area (Å²) in [6.07, 6.45) is 4.11. The van der Waals surface area contributed by atoms with E-state index in [9.17, 15) is 0 Å². The van der Waals surface area contributed by atoms with Gasteiger partial charge < -0.3 is 10.1 Å². The topological polar surface area (TPSA) is 21.3 Å². The normalized spacial score (nSPS) is 24.4. The van der Waals surface area contributed by atoms with Crippen molar-refractivity contribution < 1.29 is 4.74 Å². The van der Waals surface area contributed by atoms with Crippen LogP contribution in [0.2, 0.25) is 0 Å². The maximum Gasteiger partial charge on any atom is 0.0732 e. The van der Waals surface area contributed by atoms with E-state index in [1.807, 2.05) is 6.07 Å². The summed E-state index contributed by atoms with van der Waals surface area (Å²) in [5, 5.41) is 3.60. The Kier molecular flexibility index (Phi) is 4.57. The minimum Gasteiger partial charge on any atom is -0.372 e. The van der Waals surface area contributed by atoms with Gasteiger partial charge in [0.25, 0.3) is 0 Å². The zero-order chi connectivity index (χ0) is 12.1. The quantitative estimate of drug-likeness (QED) is 0.843. The molecule has 0 amide bonds. The van der Waals surface area contributed by atoms with Gasteiger partial charge in [-0.3, -0.25) is 0 Å². The molecule has 1 saturated carbocycles. The van der Waals surface area contributed by atoms with Crippen LogP contribution in [0.25, 0.3) is 0 Å². The third kappa shape index (κ3) is 3.83. The van der Waals surface area contributed by atoms with Crippen molar-refractivity contribution in [2.75, 3.05) is 0 Å². The molecule has 2 rings (SSSR count). The Morgan fingerprint density at radius 2 is 2.00 bits per heavy atom. The van der Waals surface area contributed by atoms with Crippen molar-refractivity contribution in [3.63, 3.8) is 0 Å². The number of ether oxygens (including phenoxy) is 1. The van der Waals surface area contributed by atoms with Crippen molar-refractivity contribution in [3.05, 3.63) is 35.9 Å². The molecule has 2 heteroatoms. The van der Waals surface area contributed by atoms with E-state index < -0.39 is 0 Å². The Balaban J connectivity index is 1.82. The fourth-order valence-corrected chi connectivity index (χ4v) is 2.52. The molecule has 2 atom stereocenters. The largest absolute Gasteiger partial charge is 0.372 e. The fraction of sp³-hybridized carbons (Fsp3) is 0.600. The van der Waals surface area contributed by atoms with E-state index in [0.717, 1.165) is 6.61 Å². The van der Waals surface area contributed by atoms with Crippen LogP contribution in [0.1, 0.15) is 38.7 Å².